The van der Waals surface area contributed by atoms with Crippen LogP contribution in [0.5, 0.6) is 0 Å². The Hall–Kier alpha value is -3.60. The third-order valence-corrected chi connectivity index (χ3v) is 5.74. The van der Waals surface area contributed by atoms with Crippen molar-refractivity contribution in [2.75, 3.05) is 13.1 Å². The van der Waals surface area contributed by atoms with Gasteiger partial charge in [-0.3, -0.25) is 19.8 Å². The summed E-state index contributed by atoms with van der Waals surface area (Å²) >= 11 is 0. The van der Waals surface area contributed by atoms with Gasteiger partial charge in [-0.25, -0.2) is 0 Å². The van der Waals surface area contributed by atoms with Gasteiger partial charge in [0.15, 0.2) is 5.66 Å². The second-order valence-electron chi connectivity index (χ2n) is 7.66. The van der Waals surface area contributed by atoms with Crippen LogP contribution in [0.4, 0.5) is 0 Å². The van der Waals surface area contributed by atoms with Crippen molar-refractivity contribution in [3.8, 4) is 0 Å². The molecule has 5 heteroatoms. The van der Waals surface area contributed by atoms with Crippen molar-refractivity contribution in [1.82, 2.24) is 9.88 Å². The molecule has 1 spiro atoms. The maximum absolute atomic E-state index is 12.8. The third-order valence-electron chi connectivity index (χ3n) is 5.74. The van der Waals surface area contributed by atoms with Crippen molar-refractivity contribution in [2.45, 2.75) is 18.5 Å². The number of nitrogens with zero attached hydrogens (tertiary/aromatic N) is 4. The predicted octanol–water partition coefficient (Wildman–Crippen LogP) is 4.01. The van der Waals surface area contributed by atoms with Gasteiger partial charge in [0, 0.05) is 55.0 Å². The van der Waals surface area contributed by atoms with E-state index >= 15 is 0 Å². The third kappa shape index (κ3) is 3.43. The number of hydrogen-bond donors (Lipinski definition) is 0. The predicted molar refractivity (Wildman–Crippen MR) is 118 cm³/mol. The highest BCUT2D eigenvalue weighted by Gasteiger charge is 2.40. The number of aromatic nitrogens is 1. The second kappa shape index (κ2) is 7.67. The quantitative estimate of drug-likeness (QED) is 0.674. The number of hydrogen-bond acceptors (Lipinski definition) is 4. The molecular formula is C25H22N4O. The minimum atomic E-state index is -0.495. The lowest BCUT2D eigenvalue weighted by Crippen LogP contribution is -2.44. The summed E-state index contributed by atoms with van der Waals surface area (Å²) in [4.78, 5) is 29.0. The van der Waals surface area contributed by atoms with E-state index in [-0.39, 0.29) is 5.91 Å². The normalized spacial score (nSPS) is 17.5. The number of amides is 1. The number of benzene rings is 2. The zero-order chi connectivity index (χ0) is 20.4. The first kappa shape index (κ1) is 18.4. The maximum atomic E-state index is 12.8. The van der Waals surface area contributed by atoms with E-state index in [1.807, 2.05) is 41.3 Å². The molecule has 0 saturated carbocycles. The summed E-state index contributed by atoms with van der Waals surface area (Å²) in [5.41, 5.74) is 4.21. The summed E-state index contributed by atoms with van der Waals surface area (Å²) in [7, 11) is 0. The van der Waals surface area contributed by atoms with Crippen molar-refractivity contribution in [1.29, 1.82) is 0 Å². The second-order valence-corrected chi connectivity index (χ2v) is 7.66. The molecule has 2 aromatic carbocycles. The molecule has 5 rings (SSSR count). The van der Waals surface area contributed by atoms with E-state index in [0.29, 0.717) is 18.7 Å². The fraction of sp³-hybridized carbons (Fsp3) is 0.200. The Morgan fingerprint density at radius 1 is 0.733 bits per heavy atom. The summed E-state index contributed by atoms with van der Waals surface area (Å²) in [5.74, 6) is 0.0461. The number of carbonyl (C=O) groups excluding carboxylic acids is 1. The largest absolute Gasteiger partial charge is 0.338 e. The average Bonchev–Trinajstić information content (AvgIpc) is 3.20. The van der Waals surface area contributed by atoms with E-state index in [2.05, 4.69) is 29.2 Å². The zero-order valence-electron chi connectivity index (χ0n) is 16.6. The van der Waals surface area contributed by atoms with Crippen molar-refractivity contribution in [2.24, 2.45) is 9.98 Å². The van der Waals surface area contributed by atoms with E-state index in [0.717, 1.165) is 35.4 Å². The van der Waals surface area contributed by atoms with Crippen molar-refractivity contribution in [3.05, 3.63) is 102 Å². The van der Waals surface area contributed by atoms with Crippen molar-refractivity contribution < 1.29 is 4.79 Å². The number of pyridine rings is 1. The highest BCUT2D eigenvalue weighted by Crippen LogP contribution is 2.35. The average molecular weight is 394 g/mol. The lowest BCUT2D eigenvalue weighted by Gasteiger charge is -2.35. The topological polar surface area (TPSA) is 57.9 Å². The van der Waals surface area contributed by atoms with E-state index in [1.165, 1.54) is 0 Å². The smallest absolute Gasteiger partial charge is 0.253 e. The molecule has 148 valence electrons. The Kier molecular flexibility index (Phi) is 4.71. The first-order chi connectivity index (χ1) is 14.7. The molecule has 1 saturated heterocycles. The molecule has 5 nitrogen and oxygen atoms in total. The van der Waals surface area contributed by atoms with E-state index in [4.69, 9.17) is 9.98 Å². The molecule has 0 aliphatic carbocycles. The van der Waals surface area contributed by atoms with Crippen LogP contribution >= 0.6 is 0 Å². The van der Waals surface area contributed by atoms with Crippen LogP contribution in [0.3, 0.4) is 0 Å². The van der Waals surface area contributed by atoms with Gasteiger partial charge in [0.2, 0.25) is 0 Å². The molecule has 2 aliphatic rings. The number of piperidine rings is 1. The van der Waals surface area contributed by atoms with Crippen LogP contribution in [0.2, 0.25) is 0 Å². The fourth-order valence-corrected chi connectivity index (χ4v) is 4.11. The molecule has 1 fully saturated rings. The van der Waals surface area contributed by atoms with Gasteiger partial charge in [-0.05, 0) is 12.1 Å². The molecule has 0 radical (unpaired) electrons. The van der Waals surface area contributed by atoms with Gasteiger partial charge in [0.05, 0.1) is 11.4 Å². The number of aliphatic imine (C=N–C) groups is 2. The van der Waals surface area contributed by atoms with Gasteiger partial charge in [0.1, 0.15) is 0 Å². The summed E-state index contributed by atoms with van der Waals surface area (Å²) < 4.78 is 0. The van der Waals surface area contributed by atoms with Crippen LogP contribution in [0, 0.1) is 0 Å². The molecule has 0 N–H and O–H groups in total. The monoisotopic (exact) mass is 394 g/mol. The molecule has 1 aromatic heterocycles. The Morgan fingerprint density at radius 2 is 1.23 bits per heavy atom. The standard InChI is InChI=1S/C25H22N4O/c30-24(21-11-15-26-16-12-21)29-17-13-25(14-18-29)27-22(19-7-3-1-4-8-19)23(28-25)20-9-5-2-6-10-20/h1-12,15-16H,13-14,17-18H2. The summed E-state index contributed by atoms with van der Waals surface area (Å²) in [6.07, 6.45) is 4.75. The van der Waals surface area contributed by atoms with Crippen LogP contribution < -0.4 is 0 Å². The molecule has 0 atom stereocenters. The maximum Gasteiger partial charge on any atom is 0.253 e. The van der Waals surface area contributed by atoms with Gasteiger partial charge < -0.3 is 4.90 Å². The lowest BCUT2D eigenvalue weighted by atomic mass is 9.98. The Labute approximate surface area is 175 Å². The van der Waals surface area contributed by atoms with Gasteiger partial charge >= 0.3 is 0 Å². The highest BCUT2D eigenvalue weighted by molar-refractivity contribution is 6.54. The van der Waals surface area contributed by atoms with Crippen LogP contribution in [-0.4, -0.2) is 46.0 Å². The van der Waals surface area contributed by atoms with Crippen LogP contribution in [-0.2, 0) is 0 Å². The molecule has 2 aliphatic heterocycles. The van der Waals surface area contributed by atoms with E-state index < -0.39 is 5.66 Å². The summed E-state index contributed by atoms with van der Waals surface area (Å²) in [6.45, 7) is 1.27. The minimum absolute atomic E-state index is 0.0461. The van der Waals surface area contributed by atoms with Crippen LogP contribution in [0.1, 0.15) is 34.3 Å². The van der Waals surface area contributed by atoms with Crippen molar-refractivity contribution in [3.63, 3.8) is 0 Å². The van der Waals surface area contributed by atoms with Gasteiger partial charge in [-0.2, -0.15) is 0 Å². The molecule has 1 amide bonds. The molecule has 30 heavy (non-hydrogen) atoms. The first-order valence-corrected chi connectivity index (χ1v) is 10.2. The number of rotatable bonds is 3. The number of carbonyl (C=O) groups is 1. The fourth-order valence-electron chi connectivity index (χ4n) is 4.11. The Bertz CT molecular complexity index is 1040. The molecule has 3 aromatic rings. The number of likely N-dealkylation sites (tertiary alicyclic amines) is 1. The molecule has 3 heterocycles. The van der Waals surface area contributed by atoms with Gasteiger partial charge in [-0.15, -0.1) is 0 Å². The molecule has 0 bridgehead atoms. The van der Waals surface area contributed by atoms with Crippen LogP contribution in [0.15, 0.2) is 95.2 Å². The first-order valence-electron chi connectivity index (χ1n) is 10.2. The van der Waals surface area contributed by atoms with Crippen LogP contribution in [0.25, 0.3) is 0 Å². The van der Waals surface area contributed by atoms with Gasteiger partial charge in [0.25, 0.3) is 5.91 Å². The van der Waals surface area contributed by atoms with Crippen molar-refractivity contribution >= 4 is 17.3 Å². The zero-order valence-corrected chi connectivity index (χ0v) is 16.6. The Balaban J connectivity index is 1.44. The SMILES string of the molecule is O=C(c1ccncc1)N1CCC2(CC1)N=C(c1ccccc1)C(c1ccccc1)=N2. The van der Waals surface area contributed by atoms with Gasteiger partial charge in [-0.1, -0.05) is 60.7 Å². The summed E-state index contributed by atoms with van der Waals surface area (Å²) in [6, 6.07) is 24.0. The van der Waals surface area contributed by atoms with E-state index in [1.54, 1.807) is 24.5 Å². The Morgan fingerprint density at radius 3 is 1.73 bits per heavy atom. The minimum Gasteiger partial charge on any atom is -0.338 e. The molecule has 0 unspecified atom stereocenters. The highest BCUT2D eigenvalue weighted by atomic mass is 16.2. The van der Waals surface area contributed by atoms with E-state index in [9.17, 15) is 4.79 Å². The lowest BCUT2D eigenvalue weighted by molar-refractivity contribution is 0.0679. The molecular weight excluding hydrogens is 372 g/mol. The summed E-state index contributed by atoms with van der Waals surface area (Å²) in [5, 5.41) is 0.